The number of aryl methyl sites for hydroxylation is 1. The lowest BCUT2D eigenvalue weighted by Crippen LogP contribution is -2.50. The molecule has 1 atom stereocenters. The van der Waals surface area contributed by atoms with Crippen molar-refractivity contribution >= 4 is 33.1 Å². The number of benzene rings is 1. The lowest BCUT2D eigenvalue weighted by Gasteiger charge is -2.37. The summed E-state index contributed by atoms with van der Waals surface area (Å²) in [6.07, 6.45) is 3.07. The van der Waals surface area contributed by atoms with E-state index < -0.39 is 9.84 Å². The van der Waals surface area contributed by atoms with Gasteiger partial charge in [-0.3, -0.25) is 9.80 Å². The first-order valence-corrected chi connectivity index (χ1v) is 12.6. The van der Waals surface area contributed by atoms with Gasteiger partial charge in [0.2, 0.25) is 0 Å². The number of imidazole rings is 1. The summed E-state index contributed by atoms with van der Waals surface area (Å²) in [6.45, 7) is 7.74. The quantitative estimate of drug-likeness (QED) is 0.670. The van der Waals surface area contributed by atoms with Crippen molar-refractivity contribution in [2.45, 2.75) is 45.4 Å². The second kappa shape index (κ2) is 8.26. The molecule has 1 aromatic heterocycles. The largest absolute Gasteiger partial charge is 0.317 e. The summed E-state index contributed by atoms with van der Waals surface area (Å²) in [5.74, 6) is 0.688. The smallest absolute Gasteiger partial charge is 0.181 e. The molecule has 28 heavy (non-hydrogen) atoms. The summed E-state index contributed by atoms with van der Waals surface area (Å²) < 4.78 is 29.0. The number of aromatic nitrogens is 2. The third-order valence-electron chi connectivity index (χ3n) is 6.13. The number of fused-ring (bicyclic) bond motifs is 1. The molecule has 0 aliphatic carbocycles. The van der Waals surface area contributed by atoms with Gasteiger partial charge in [-0.2, -0.15) is 0 Å². The van der Waals surface area contributed by atoms with Gasteiger partial charge in [-0.05, 0) is 37.2 Å². The van der Waals surface area contributed by atoms with E-state index in [1.807, 2.05) is 0 Å². The van der Waals surface area contributed by atoms with E-state index in [2.05, 4.69) is 50.1 Å². The average Bonchev–Trinajstić information content (AvgIpc) is 3.18. The number of para-hydroxylation sites is 2. The van der Waals surface area contributed by atoms with E-state index in [4.69, 9.17) is 12.2 Å². The van der Waals surface area contributed by atoms with E-state index >= 15 is 0 Å². The molecule has 2 aromatic rings. The van der Waals surface area contributed by atoms with E-state index in [1.54, 1.807) is 0 Å². The van der Waals surface area contributed by atoms with Crippen LogP contribution < -0.4 is 0 Å². The molecule has 154 valence electrons. The summed E-state index contributed by atoms with van der Waals surface area (Å²) in [4.78, 5) is 4.80. The lowest BCUT2D eigenvalue weighted by atomic mass is 10.2. The van der Waals surface area contributed by atoms with Gasteiger partial charge in [0.1, 0.15) is 0 Å². The molecular formula is C20H30N4O2S2. The highest BCUT2D eigenvalue weighted by atomic mass is 32.2. The van der Waals surface area contributed by atoms with Crippen molar-refractivity contribution in [2.75, 3.05) is 37.7 Å². The summed E-state index contributed by atoms with van der Waals surface area (Å²) in [5.41, 5.74) is 2.42. The fourth-order valence-corrected chi connectivity index (χ4v) is 6.58. The summed E-state index contributed by atoms with van der Waals surface area (Å²) in [5, 5.41) is 0. The molecule has 2 saturated heterocycles. The molecule has 0 amide bonds. The fourth-order valence-electron chi connectivity index (χ4n) is 4.47. The Balaban J connectivity index is 1.46. The van der Waals surface area contributed by atoms with Crippen LogP contribution in [0.4, 0.5) is 0 Å². The predicted molar refractivity (Wildman–Crippen MR) is 116 cm³/mol. The lowest BCUT2D eigenvalue weighted by molar-refractivity contribution is 0.0852. The molecule has 0 saturated carbocycles. The van der Waals surface area contributed by atoms with Gasteiger partial charge in [0.15, 0.2) is 14.6 Å². The van der Waals surface area contributed by atoms with E-state index in [9.17, 15) is 8.42 Å². The van der Waals surface area contributed by atoms with Crippen LogP contribution >= 0.6 is 12.2 Å². The first kappa shape index (κ1) is 20.1. The Kier molecular flexibility index (Phi) is 5.92. The molecule has 0 radical (unpaired) electrons. The topological polar surface area (TPSA) is 50.5 Å². The van der Waals surface area contributed by atoms with Gasteiger partial charge < -0.3 is 9.13 Å². The number of unbranched alkanes of at least 4 members (excludes halogenated alkanes) is 1. The normalized spacial score (nSPS) is 23.5. The zero-order valence-corrected chi connectivity index (χ0v) is 18.2. The zero-order valence-electron chi connectivity index (χ0n) is 16.6. The molecule has 8 heteroatoms. The molecule has 1 aromatic carbocycles. The molecule has 2 aliphatic rings. The van der Waals surface area contributed by atoms with Crippen LogP contribution in [0.15, 0.2) is 24.3 Å². The Morgan fingerprint density at radius 1 is 1.07 bits per heavy atom. The van der Waals surface area contributed by atoms with Crippen LogP contribution in [0, 0.1) is 4.77 Å². The van der Waals surface area contributed by atoms with E-state index in [0.717, 1.165) is 63.4 Å². The minimum atomic E-state index is -2.82. The molecule has 0 unspecified atom stereocenters. The zero-order chi connectivity index (χ0) is 19.7. The number of nitrogens with zero attached hydrogens (tertiary/aromatic N) is 4. The van der Waals surface area contributed by atoms with E-state index in [-0.39, 0.29) is 6.04 Å². The van der Waals surface area contributed by atoms with Gasteiger partial charge in [0.25, 0.3) is 0 Å². The van der Waals surface area contributed by atoms with Gasteiger partial charge in [-0.1, -0.05) is 25.5 Å². The van der Waals surface area contributed by atoms with Crippen molar-refractivity contribution in [1.82, 2.24) is 18.9 Å². The van der Waals surface area contributed by atoms with Crippen molar-refractivity contribution in [3.05, 3.63) is 29.0 Å². The van der Waals surface area contributed by atoms with E-state index in [0.29, 0.717) is 11.5 Å². The number of rotatable bonds is 6. The molecule has 2 fully saturated rings. The van der Waals surface area contributed by atoms with Crippen LogP contribution in [0.2, 0.25) is 0 Å². The molecule has 0 N–H and O–H groups in total. The van der Waals surface area contributed by atoms with Crippen LogP contribution in [0.3, 0.4) is 0 Å². The Morgan fingerprint density at radius 3 is 2.36 bits per heavy atom. The number of hydrogen-bond acceptors (Lipinski definition) is 5. The molecule has 2 aliphatic heterocycles. The standard InChI is InChI=1S/C20H30N4O2S2/c1-2-3-9-23-18-6-4-5-7-19(18)24(20(23)27)16-21-10-12-22(13-11-21)17-8-14-28(25,26)15-17/h4-7,17H,2-3,8-16H2,1H3/t17-/m0/s1. The van der Waals surface area contributed by atoms with Gasteiger partial charge in [-0.25, -0.2) is 8.42 Å². The third kappa shape index (κ3) is 4.06. The van der Waals surface area contributed by atoms with Crippen LogP contribution in [0.25, 0.3) is 11.0 Å². The van der Waals surface area contributed by atoms with Crippen molar-refractivity contribution in [3.8, 4) is 0 Å². The Labute approximate surface area is 172 Å². The first-order valence-electron chi connectivity index (χ1n) is 10.3. The molecule has 4 rings (SSSR count). The maximum Gasteiger partial charge on any atom is 0.181 e. The molecule has 3 heterocycles. The van der Waals surface area contributed by atoms with Crippen LogP contribution in [0.1, 0.15) is 26.2 Å². The summed E-state index contributed by atoms with van der Waals surface area (Å²) >= 11 is 5.83. The van der Waals surface area contributed by atoms with Crippen LogP contribution in [-0.2, 0) is 23.1 Å². The highest BCUT2D eigenvalue weighted by Gasteiger charge is 2.33. The highest BCUT2D eigenvalue weighted by molar-refractivity contribution is 7.91. The summed E-state index contributed by atoms with van der Waals surface area (Å²) in [6, 6.07) is 8.70. The number of sulfone groups is 1. The predicted octanol–water partition coefficient (Wildman–Crippen LogP) is 2.73. The Morgan fingerprint density at radius 2 is 1.75 bits per heavy atom. The number of piperazine rings is 1. The highest BCUT2D eigenvalue weighted by Crippen LogP contribution is 2.22. The van der Waals surface area contributed by atoms with Crippen molar-refractivity contribution in [2.24, 2.45) is 0 Å². The van der Waals surface area contributed by atoms with Crippen LogP contribution in [0.5, 0.6) is 0 Å². The third-order valence-corrected chi connectivity index (χ3v) is 8.32. The first-order chi connectivity index (χ1) is 13.5. The van der Waals surface area contributed by atoms with Gasteiger partial charge in [-0.15, -0.1) is 0 Å². The minimum absolute atomic E-state index is 0.213. The Hall–Kier alpha value is -1.22. The molecule has 0 bridgehead atoms. The van der Waals surface area contributed by atoms with Gasteiger partial charge in [0.05, 0.1) is 29.2 Å². The molecule has 6 nitrogen and oxygen atoms in total. The van der Waals surface area contributed by atoms with Crippen molar-refractivity contribution in [1.29, 1.82) is 0 Å². The van der Waals surface area contributed by atoms with Crippen molar-refractivity contribution in [3.63, 3.8) is 0 Å². The Bertz CT molecular complexity index is 987. The number of hydrogen-bond donors (Lipinski definition) is 0. The average molecular weight is 423 g/mol. The van der Waals surface area contributed by atoms with Crippen LogP contribution in [-0.4, -0.2) is 71.1 Å². The SMILES string of the molecule is CCCCn1c(=S)n(CN2CCN([C@H]3CCS(=O)(=O)C3)CC2)c2ccccc21. The second-order valence-corrected chi connectivity index (χ2v) is 10.7. The maximum atomic E-state index is 11.8. The summed E-state index contributed by atoms with van der Waals surface area (Å²) in [7, 11) is -2.82. The minimum Gasteiger partial charge on any atom is -0.317 e. The molecular weight excluding hydrogens is 392 g/mol. The second-order valence-electron chi connectivity index (χ2n) is 8.06. The molecule has 0 spiro atoms. The van der Waals surface area contributed by atoms with Crippen molar-refractivity contribution < 1.29 is 8.42 Å². The van der Waals surface area contributed by atoms with Gasteiger partial charge >= 0.3 is 0 Å². The fraction of sp³-hybridized carbons (Fsp3) is 0.650. The maximum absolute atomic E-state index is 11.8. The monoisotopic (exact) mass is 422 g/mol. The van der Waals surface area contributed by atoms with E-state index in [1.165, 1.54) is 11.0 Å². The van der Waals surface area contributed by atoms with Gasteiger partial charge in [0, 0.05) is 38.8 Å².